The molecule has 0 spiro atoms. The Hall–Kier alpha value is -2.28. The van der Waals surface area contributed by atoms with Crippen molar-refractivity contribution in [2.75, 3.05) is 0 Å². The van der Waals surface area contributed by atoms with Crippen molar-refractivity contribution in [3.8, 4) is 6.07 Å². The van der Waals surface area contributed by atoms with Crippen molar-refractivity contribution in [3.63, 3.8) is 0 Å². The van der Waals surface area contributed by atoms with Crippen LogP contribution in [-0.2, 0) is 22.4 Å². The summed E-state index contributed by atoms with van der Waals surface area (Å²) in [4.78, 5) is 15.2. The summed E-state index contributed by atoms with van der Waals surface area (Å²) in [6.45, 7) is 3.73. The second kappa shape index (κ2) is 5.25. The molecular weight excluding hydrogens is 264 g/mol. The third-order valence-electron chi connectivity index (χ3n) is 3.93. The van der Waals surface area contributed by atoms with E-state index >= 15 is 0 Å². The van der Waals surface area contributed by atoms with E-state index in [1.165, 1.54) is 11.3 Å². The van der Waals surface area contributed by atoms with Crippen molar-refractivity contribution in [2.45, 2.75) is 39.2 Å². The van der Waals surface area contributed by atoms with Gasteiger partial charge in [-0.25, -0.2) is 0 Å². The first-order valence-corrected chi connectivity index (χ1v) is 7.30. The molecule has 1 aromatic carbocycles. The molecule has 4 heteroatoms. The minimum Gasteiger partial charge on any atom is -0.463 e. The maximum absolute atomic E-state index is 11.8. The lowest BCUT2D eigenvalue weighted by Crippen LogP contribution is -2.16. The molecule has 0 fully saturated rings. The highest BCUT2D eigenvalue weighted by molar-refractivity contribution is 5.86. The van der Waals surface area contributed by atoms with E-state index in [4.69, 9.17) is 10.00 Å². The Labute approximate surface area is 123 Å². The number of nitriles is 1. The quantitative estimate of drug-likeness (QED) is 0.880. The zero-order chi connectivity index (χ0) is 15.0. The fourth-order valence-corrected chi connectivity index (χ4v) is 3.12. The molecule has 0 bridgehead atoms. The molecule has 108 valence electrons. The number of hydrogen-bond acceptors (Lipinski definition) is 3. The molecule has 1 aromatic heterocycles. The van der Waals surface area contributed by atoms with Crippen LogP contribution >= 0.6 is 0 Å². The van der Waals surface area contributed by atoms with Gasteiger partial charge in [0.15, 0.2) is 0 Å². The van der Waals surface area contributed by atoms with Crippen LogP contribution in [0, 0.1) is 17.2 Å². The molecule has 0 aliphatic heterocycles. The lowest BCUT2D eigenvalue weighted by atomic mass is 10.0. The number of nitrogens with zero attached hydrogens (tertiary/aromatic N) is 1. The number of H-pyrrole nitrogens is 1. The number of aromatic nitrogens is 1. The lowest BCUT2D eigenvalue weighted by molar-refractivity contribution is -0.148. The van der Waals surface area contributed by atoms with Crippen LogP contribution in [0.15, 0.2) is 18.2 Å². The number of hydrogen-bond donors (Lipinski definition) is 1. The van der Waals surface area contributed by atoms with Crippen molar-refractivity contribution in [3.05, 3.63) is 35.0 Å². The molecule has 0 radical (unpaired) electrons. The van der Waals surface area contributed by atoms with Crippen molar-refractivity contribution >= 4 is 16.9 Å². The first-order chi connectivity index (χ1) is 10.1. The number of benzene rings is 1. The van der Waals surface area contributed by atoms with E-state index in [9.17, 15) is 4.79 Å². The second-order valence-corrected chi connectivity index (χ2v) is 5.97. The highest BCUT2D eigenvalue weighted by atomic mass is 16.5. The van der Waals surface area contributed by atoms with Crippen LogP contribution in [0.1, 0.15) is 37.1 Å². The Morgan fingerprint density at radius 3 is 3.00 bits per heavy atom. The standard InChI is InChI=1S/C17H18N2O2/c1-10(2)21-17(20)8-12-6-14-13-5-11(9-18)3-4-15(13)19-16(14)7-12/h3-5,10,12,19H,6-8H2,1-2H3/t12-/m0/s1. The van der Waals surface area contributed by atoms with Crippen LogP contribution in [-0.4, -0.2) is 17.1 Å². The van der Waals surface area contributed by atoms with E-state index < -0.39 is 0 Å². The zero-order valence-electron chi connectivity index (χ0n) is 12.3. The smallest absolute Gasteiger partial charge is 0.306 e. The molecule has 0 unspecified atom stereocenters. The van der Waals surface area contributed by atoms with Gasteiger partial charge in [-0.05, 0) is 56.4 Å². The highest BCUT2D eigenvalue weighted by Gasteiger charge is 2.27. The predicted octanol–water partition coefficient (Wildman–Crippen LogP) is 3.10. The maximum atomic E-state index is 11.8. The summed E-state index contributed by atoms with van der Waals surface area (Å²) >= 11 is 0. The summed E-state index contributed by atoms with van der Waals surface area (Å²) in [6.07, 6.45) is 2.15. The fraction of sp³-hybridized carbons (Fsp3) is 0.412. The van der Waals surface area contributed by atoms with E-state index in [-0.39, 0.29) is 12.1 Å². The molecule has 0 amide bonds. The van der Waals surface area contributed by atoms with Gasteiger partial charge in [0.2, 0.25) is 0 Å². The van der Waals surface area contributed by atoms with Crippen molar-refractivity contribution in [1.82, 2.24) is 4.98 Å². The van der Waals surface area contributed by atoms with Crippen LogP contribution in [0.3, 0.4) is 0 Å². The first-order valence-electron chi connectivity index (χ1n) is 7.30. The Morgan fingerprint density at radius 2 is 2.29 bits per heavy atom. The first kappa shape index (κ1) is 13.7. The number of fused-ring (bicyclic) bond motifs is 3. The molecule has 4 nitrogen and oxygen atoms in total. The summed E-state index contributed by atoms with van der Waals surface area (Å²) in [7, 11) is 0. The monoisotopic (exact) mass is 282 g/mol. The van der Waals surface area contributed by atoms with E-state index in [1.807, 2.05) is 32.0 Å². The number of carbonyl (C=O) groups is 1. The van der Waals surface area contributed by atoms with Gasteiger partial charge in [-0.2, -0.15) is 5.26 Å². The van der Waals surface area contributed by atoms with E-state index in [0.29, 0.717) is 17.9 Å². The lowest BCUT2D eigenvalue weighted by Gasteiger charge is -2.11. The average Bonchev–Trinajstić information content (AvgIpc) is 2.94. The van der Waals surface area contributed by atoms with E-state index in [1.54, 1.807) is 0 Å². The van der Waals surface area contributed by atoms with Gasteiger partial charge in [0.25, 0.3) is 0 Å². The molecule has 0 saturated carbocycles. The van der Waals surface area contributed by atoms with Crippen molar-refractivity contribution < 1.29 is 9.53 Å². The van der Waals surface area contributed by atoms with Crippen LogP contribution in [0.2, 0.25) is 0 Å². The summed E-state index contributed by atoms with van der Waals surface area (Å²) in [6, 6.07) is 7.88. The Bertz CT molecular complexity index is 737. The van der Waals surface area contributed by atoms with E-state index in [0.717, 1.165) is 23.7 Å². The predicted molar refractivity (Wildman–Crippen MR) is 79.8 cm³/mol. The molecule has 1 aliphatic rings. The Morgan fingerprint density at radius 1 is 1.48 bits per heavy atom. The molecule has 1 N–H and O–H groups in total. The van der Waals surface area contributed by atoms with Crippen LogP contribution in [0.25, 0.3) is 10.9 Å². The highest BCUT2D eigenvalue weighted by Crippen LogP contribution is 2.35. The summed E-state index contributed by atoms with van der Waals surface area (Å²) < 4.78 is 5.22. The van der Waals surface area contributed by atoms with Gasteiger partial charge >= 0.3 is 5.97 Å². The summed E-state index contributed by atoms with van der Waals surface area (Å²) in [5, 5.41) is 10.1. The molecule has 3 rings (SSSR count). The SMILES string of the molecule is CC(C)OC(=O)C[C@@H]1Cc2[nH]c3ccc(C#N)cc3c2C1. The summed E-state index contributed by atoms with van der Waals surface area (Å²) in [5.74, 6) is 0.176. The number of aromatic amines is 1. The molecule has 2 aromatic rings. The molecule has 1 atom stereocenters. The Balaban J connectivity index is 1.79. The Kier molecular flexibility index (Phi) is 3.42. The van der Waals surface area contributed by atoms with Gasteiger partial charge in [0.05, 0.1) is 17.7 Å². The number of ether oxygens (including phenoxy) is 1. The number of rotatable bonds is 3. The topological polar surface area (TPSA) is 65.9 Å². The van der Waals surface area contributed by atoms with Crippen LogP contribution < -0.4 is 0 Å². The minimum atomic E-state index is -0.123. The third kappa shape index (κ3) is 2.64. The minimum absolute atomic E-state index is 0.0595. The van der Waals surface area contributed by atoms with Gasteiger partial charge < -0.3 is 9.72 Å². The number of esters is 1. The van der Waals surface area contributed by atoms with Crippen LogP contribution in [0.5, 0.6) is 0 Å². The summed E-state index contributed by atoms with van der Waals surface area (Å²) in [5.41, 5.74) is 4.20. The second-order valence-electron chi connectivity index (χ2n) is 5.97. The third-order valence-corrected chi connectivity index (χ3v) is 3.93. The zero-order valence-corrected chi connectivity index (χ0v) is 12.3. The van der Waals surface area contributed by atoms with Crippen molar-refractivity contribution in [1.29, 1.82) is 5.26 Å². The largest absolute Gasteiger partial charge is 0.463 e. The van der Waals surface area contributed by atoms with Gasteiger partial charge in [-0.1, -0.05) is 0 Å². The number of carbonyl (C=O) groups excluding carboxylic acids is 1. The fourth-order valence-electron chi connectivity index (χ4n) is 3.12. The molecule has 1 heterocycles. The number of nitrogens with one attached hydrogen (secondary N) is 1. The van der Waals surface area contributed by atoms with Gasteiger partial charge in [0, 0.05) is 23.0 Å². The van der Waals surface area contributed by atoms with Gasteiger partial charge in [-0.3, -0.25) is 4.79 Å². The maximum Gasteiger partial charge on any atom is 0.306 e. The molecular formula is C17H18N2O2. The molecule has 21 heavy (non-hydrogen) atoms. The van der Waals surface area contributed by atoms with Crippen molar-refractivity contribution in [2.24, 2.45) is 5.92 Å². The van der Waals surface area contributed by atoms with Gasteiger partial charge in [-0.15, -0.1) is 0 Å². The molecule has 1 aliphatic carbocycles. The van der Waals surface area contributed by atoms with E-state index in [2.05, 4.69) is 11.1 Å². The molecule has 0 saturated heterocycles. The van der Waals surface area contributed by atoms with Crippen LogP contribution in [0.4, 0.5) is 0 Å². The normalized spacial score (nSPS) is 17.0. The average molecular weight is 282 g/mol. The van der Waals surface area contributed by atoms with Gasteiger partial charge in [0.1, 0.15) is 0 Å².